The number of hydrogen-bond acceptors (Lipinski definition) is 24. The number of unbranched alkanes of at least 4 members (excludes halogenated alkanes) is 54. The van der Waals surface area contributed by atoms with Gasteiger partial charge in [-0.25, -0.2) is 0 Å². The van der Waals surface area contributed by atoms with Crippen molar-refractivity contribution in [3.8, 4) is 0 Å². The monoisotopic (exact) mass is 2050 g/mol. The Bertz CT molecular complexity index is 2570. The van der Waals surface area contributed by atoms with E-state index in [9.17, 15) is 43.2 Å². The first-order valence-electron chi connectivity index (χ1n) is 56.5. The molecule has 138 heavy (non-hydrogen) atoms. The number of rotatable bonds is 108. The maximum Gasteiger partial charge on any atom is 0.307 e. The van der Waals surface area contributed by atoms with Crippen LogP contribution in [-0.2, 0) is 71.6 Å². The van der Waals surface area contributed by atoms with Gasteiger partial charge in [-0.05, 0) is 56.7 Å². The Balaban J connectivity index is 3.22. The predicted molar refractivity (Wildman–Crippen MR) is 595 cm³/mol. The van der Waals surface area contributed by atoms with Gasteiger partial charge in [-0.2, -0.15) is 0 Å². The van der Waals surface area contributed by atoms with Gasteiger partial charge in [-0.3, -0.25) is 43.2 Å². The number of benzene rings is 1. The predicted octanol–water partition coefficient (Wildman–Crippen LogP) is 30.8. The summed E-state index contributed by atoms with van der Waals surface area (Å²) in [6.45, 7) is 20.6. The summed E-state index contributed by atoms with van der Waals surface area (Å²) >= 11 is 0. The summed E-state index contributed by atoms with van der Waals surface area (Å²) in [6, 6.07) is 5.09. The quantitative estimate of drug-likeness (QED) is 0.0237. The fourth-order valence-electron chi connectivity index (χ4n) is 16.4. The number of nitrogens with one attached hydrogen (secondary N) is 3. The molecule has 0 unspecified atom stereocenters. The molecule has 0 atom stereocenters. The Labute approximate surface area is 867 Å². The summed E-state index contributed by atoms with van der Waals surface area (Å²) in [5.41, 5.74) is 1.22. The highest BCUT2D eigenvalue weighted by molar-refractivity contribution is 8.77. The number of carbonyl (C=O) groups is 9. The molecule has 3 amide bonds. The summed E-state index contributed by atoms with van der Waals surface area (Å²) in [7, 11) is 9.60. The van der Waals surface area contributed by atoms with Gasteiger partial charge >= 0.3 is 35.8 Å². The maximum atomic E-state index is 13.8. The van der Waals surface area contributed by atoms with Crippen LogP contribution in [0.15, 0.2) is 18.2 Å². The molecule has 0 aliphatic rings. The third-order valence-electron chi connectivity index (χ3n) is 25.1. The molecule has 0 aromatic heterocycles. The molecule has 0 fully saturated rings. The number of amides is 3. The van der Waals surface area contributed by atoms with Crippen LogP contribution in [0.5, 0.6) is 0 Å². The lowest BCUT2D eigenvalue weighted by molar-refractivity contribution is -0.146. The molecule has 0 radical (unpaired) electrons. The molecular formula is C111H204N6O15S6. The Kier molecular flexibility index (Phi) is 101. The molecule has 1 rings (SSSR count). The van der Waals surface area contributed by atoms with Crippen LogP contribution < -0.4 is 16.0 Å². The van der Waals surface area contributed by atoms with Crippen LogP contribution in [0.4, 0.5) is 17.1 Å². The van der Waals surface area contributed by atoms with Crippen molar-refractivity contribution in [1.29, 1.82) is 0 Å². The lowest BCUT2D eigenvalue weighted by Crippen LogP contribution is -2.31. The lowest BCUT2D eigenvalue weighted by atomic mass is 10.1. The summed E-state index contributed by atoms with van der Waals surface area (Å²) in [5.74, 6) is 1.47. The molecule has 27 heteroatoms. The van der Waals surface area contributed by atoms with Crippen molar-refractivity contribution in [1.82, 2.24) is 14.7 Å². The van der Waals surface area contributed by atoms with Crippen LogP contribution in [0.1, 0.15) is 485 Å². The zero-order chi connectivity index (χ0) is 100. The highest BCUT2D eigenvalue weighted by Gasteiger charge is 2.20. The maximum absolute atomic E-state index is 13.8. The first-order chi connectivity index (χ1) is 67.6. The standard InChI is InChI=1S/C111H204N6O15S6/c1-7-13-19-25-31-37-43-49-55-61-85-127-106(121)67-76-115(77-68-107(122)128-86-62-56-50-44-38-32-26-20-14-8-2)82-94-136-133-91-73-103(118)112-100-97-101(113-104(119)74-92-134-137-95-83-116(78-69-108(123)129-87-63-57-51-45-39-33-27-21-15-9-3)79-70-109(124)130-88-64-58-52-46-40-34-28-22-16-10-4)99-102(98-100)114-105(120)75-93-135-138-96-84-117(80-71-110(125)131-89-65-59-53-47-41-35-29-23-17-11-5)81-72-111(126)132-90-66-60-54-48-42-36-30-24-18-12-6/h97-99H,7-96H2,1-6H3,(H,112,118)(H,113,119)(H,114,120). The zero-order valence-electron chi connectivity index (χ0n) is 88.8. The molecule has 21 nitrogen and oxygen atoms in total. The lowest BCUT2D eigenvalue weighted by Gasteiger charge is -2.21. The van der Waals surface area contributed by atoms with Crippen molar-refractivity contribution in [2.75, 3.05) is 149 Å². The van der Waals surface area contributed by atoms with Gasteiger partial charge in [0.1, 0.15) is 0 Å². The highest BCUT2D eigenvalue weighted by atomic mass is 33.1. The van der Waals surface area contributed by atoms with Crippen molar-refractivity contribution in [2.24, 2.45) is 0 Å². The molecule has 1 aromatic rings. The van der Waals surface area contributed by atoms with Crippen molar-refractivity contribution in [3.05, 3.63) is 18.2 Å². The van der Waals surface area contributed by atoms with Gasteiger partial charge < -0.3 is 59.1 Å². The van der Waals surface area contributed by atoms with Crippen LogP contribution >= 0.6 is 64.8 Å². The van der Waals surface area contributed by atoms with Gasteiger partial charge in [0.25, 0.3) is 0 Å². The molecular weight excluding hydrogens is 1850 g/mol. The zero-order valence-corrected chi connectivity index (χ0v) is 93.7. The topological polar surface area (TPSA) is 255 Å². The minimum Gasteiger partial charge on any atom is -0.466 e. The SMILES string of the molecule is CCCCCCCCCCCCOC(=O)CCN(CCSSCCC(=O)Nc1cc(NC(=O)CCSSCCN(CCC(=O)OCCCCCCCCCCCC)CCC(=O)OCCCCCCCCCCCC)cc(NC(=O)CCSSCCN(CCC(=O)OCCCCCCCCCCCC)CCC(=O)OCCCCCCCCCCCC)c1)CCC(=O)OCCCCCCCCCCCC. The fourth-order valence-corrected chi connectivity index (χ4v) is 22.4. The van der Waals surface area contributed by atoms with Gasteiger partial charge in [-0.15, -0.1) is 0 Å². The van der Waals surface area contributed by atoms with E-state index in [0.29, 0.717) is 150 Å². The molecule has 804 valence electrons. The molecule has 1 aromatic carbocycles. The number of esters is 6. The minimum atomic E-state index is -0.241. The third kappa shape index (κ3) is 94.7. The third-order valence-corrected chi connectivity index (χ3v) is 32.3. The van der Waals surface area contributed by atoms with Crippen molar-refractivity contribution in [2.45, 2.75) is 485 Å². The number of ether oxygens (including phenoxy) is 6. The van der Waals surface area contributed by atoms with E-state index in [1.54, 1.807) is 83.0 Å². The molecule has 3 N–H and O–H groups in total. The number of carbonyl (C=O) groups excluding carboxylic acids is 9. The largest absolute Gasteiger partial charge is 0.466 e. The Morgan fingerprint density at radius 1 is 0.188 bits per heavy atom. The Morgan fingerprint density at radius 2 is 0.326 bits per heavy atom. The van der Waals surface area contributed by atoms with E-state index >= 15 is 0 Å². The van der Waals surface area contributed by atoms with Gasteiger partial charge in [0, 0.05) is 130 Å². The molecule has 0 spiro atoms. The summed E-state index contributed by atoms with van der Waals surface area (Å²) < 4.78 is 34.1. The van der Waals surface area contributed by atoms with Crippen molar-refractivity contribution < 1.29 is 71.6 Å². The van der Waals surface area contributed by atoms with Crippen LogP contribution in [0.2, 0.25) is 0 Å². The van der Waals surface area contributed by atoms with Gasteiger partial charge in [0.05, 0.1) is 78.2 Å². The summed E-state index contributed by atoms with van der Waals surface area (Å²) in [6.07, 6.45) is 74.2. The second-order valence-electron chi connectivity index (χ2n) is 38.1. The first kappa shape index (κ1) is 132. The second-order valence-corrected chi connectivity index (χ2v) is 46.2. The van der Waals surface area contributed by atoms with E-state index < -0.39 is 0 Å². The van der Waals surface area contributed by atoms with E-state index in [-0.39, 0.29) is 111 Å². The molecule has 0 bridgehead atoms. The van der Waals surface area contributed by atoms with E-state index in [2.05, 4.69) is 72.2 Å². The number of nitrogens with zero attached hydrogens (tertiary/aromatic N) is 3. The summed E-state index contributed by atoms with van der Waals surface area (Å²) in [5, 5.41) is 9.09. The van der Waals surface area contributed by atoms with E-state index in [0.717, 1.165) is 116 Å². The minimum absolute atomic E-state index is 0.185. The first-order valence-corrected chi connectivity index (χ1v) is 64.0. The molecule has 0 saturated carbocycles. The summed E-state index contributed by atoms with van der Waals surface area (Å²) in [4.78, 5) is 126. The Morgan fingerprint density at radius 3 is 0.478 bits per heavy atom. The Hall–Kier alpha value is -3.57. The smallest absolute Gasteiger partial charge is 0.307 e. The molecule has 0 aliphatic heterocycles. The van der Waals surface area contributed by atoms with E-state index in [1.165, 1.54) is 270 Å². The van der Waals surface area contributed by atoms with Crippen molar-refractivity contribution in [3.63, 3.8) is 0 Å². The normalized spacial score (nSPS) is 11.5. The molecule has 0 heterocycles. The number of anilines is 3. The van der Waals surface area contributed by atoms with Crippen LogP contribution in [0.25, 0.3) is 0 Å². The van der Waals surface area contributed by atoms with Gasteiger partial charge in [0.15, 0.2) is 0 Å². The van der Waals surface area contributed by atoms with Gasteiger partial charge in [0.2, 0.25) is 17.7 Å². The van der Waals surface area contributed by atoms with Crippen LogP contribution in [-0.4, -0.2) is 201 Å². The average Bonchev–Trinajstić information content (AvgIpc) is 0.849. The van der Waals surface area contributed by atoms with E-state index in [4.69, 9.17) is 28.4 Å². The van der Waals surface area contributed by atoms with Crippen LogP contribution in [0.3, 0.4) is 0 Å². The van der Waals surface area contributed by atoms with Crippen molar-refractivity contribution >= 4 is 135 Å². The van der Waals surface area contributed by atoms with Crippen LogP contribution in [0, 0.1) is 0 Å². The number of hydrogen-bond donors (Lipinski definition) is 3. The molecule has 0 aliphatic carbocycles. The van der Waals surface area contributed by atoms with E-state index in [1.807, 2.05) is 0 Å². The van der Waals surface area contributed by atoms with Gasteiger partial charge in [-0.1, -0.05) is 453 Å². The second kappa shape index (κ2) is 105. The average molecular weight is 2060 g/mol. The fraction of sp³-hybridized carbons (Fsp3) is 0.865. The highest BCUT2D eigenvalue weighted by Crippen LogP contribution is 2.30. The molecule has 0 saturated heterocycles.